The first-order chi connectivity index (χ1) is 14.6. The second-order valence-corrected chi connectivity index (χ2v) is 7.69. The number of alkyl halides is 2. The van der Waals surface area contributed by atoms with Gasteiger partial charge < -0.3 is 10.1 Å². The van der Waals surface area contributed by atoms with Crippen molar-refractivity contribution in [3.05, 3.63) is 35.5 Å². The summed E-state index contributed by atoms with van der Waals surface area (Å²) in [7, 11) is 0. The molecule has 4 heterocycles. The molecule has 0 spiro atoms. The van der Waals surface area contributed by atoms with Crippen LogP contribution in [0.15, 0.2) is 18.5 Å². The van der Waals surface area contributed by atoms with Crippen LogP contribution in [0.1, 0.15) is 66.3 Å². The van der Waals surface area contributed by atoms with Gasteiger partial charge >= 0.3 is 0 Å². The van der Waals surface area contributed by atoms with Gasteiger partial charge in [0.2, 0.25) is 5.88 Å². The molecule has 9 nitrogen and oxygen atoms in total. The van der Waals surface area contributed by atoms with Crippen LogP contribution >= 0.6 is 0 Å². The molecule has 2 aliphatic rings. The van der Waals surface area contributed by atoms with E-state index in [0.29, 0.717) is 30.4 Å². The molecular formula is C19H21F2N7O2. The lowest BCUT2D eigenvalue weighted by molar-refractivity contribution is 0.0927. The van der Waals surface area contributed by atoms with E-state index in [1.54, 1.807) is 15.3 Å². The van der Waals surface area contributed by atoms with Crippen LogP contribution < -0.4 is 10.1 Å². The highest BCUT2D eigenvalue weighted by Gasteiger charge is 2.27. The van der Waals surface area contributed by atoms with Crippen molar-refractivity contribution in [2.75, 3.05) is 6.61 Å². The van der Waals surface area contributed by atoms with Gasteiger partial charge in [0.25, 0.3) is 18.1 Å². The van der Waals surface area contributed by atoms with E-state index in [9.17, 15) is 13.6 Å². The summed E-state index contributed by atoms with van der Waals surface area (Å²) in [5, 5.41) is 11.5. The molecule has 0 radical (unpaired) electrons. The summed E-state index contributed by atoms with van der Waals surface area (Å²) in [6.45, 7) is 1.23. The molecule has 1 saturated carbocycles. The molecule has 11 heteroatoms. The van der Waals surface area contributed by atoms with Crippen molar-refractivity contribution in [1.82, 2.24) is 34.7 Å². The number of carbonyl (C=O) groups is 1. The fourth-order valence-corrected chi connectivity index (χ4v) is 4.28. The molecule has 3 aromatic rings. The third-order valence-corrected chi connectivity index (χ3v) is 5.77. The minimum atomic E-state index is -2.66. The van der Waals surface area contributed by atoms with Crippen LogP contribution in [-0.4, -0.2) is 47.9 Å². The monoisotopic (exact) mass is 417 g/mol. The fraction of sp³-hybridized carbons (Fsp3) is 0.526. The minimum absolute atomic E-state index is 0.00241. The first-order valence-corrected chi connectivity index (χ1v) is 10.1. The highest BCUT2D eigenvalue weighted by molar-refractivity contribution is 5.92. The highest BCUT2D eigenvalue weighted by Crippen LogP contribution is 2.33. The van der Waals surface area contributed by atoms with Crippen molar-refractivity contribution in [3.63, 3.8) is 0 Å². The Morgan fingerprint density at radius 3 is 2.97 bits per heavy atom. The number of nitrogens with one attached hydrogen (secondary N) is 1. The Morgan fingerprint density at radius 2 is 2.13 bits per heavy atom. The maximum atomic E-state index is 13.3. The number of nitrogens with zero attached hydrogens (tertiary/aromatic N) is 6. The average molecular weight is 417 g/mol. The van der Waals surface area contributed by atoms with E-state index in [4.69, 9.17) is 4.74 Å². The molecule has 1 aliphatic carbocycles. The minimum Gasteiger partial charge on any atom is -0.476 e. The summed E-state index contributed by atoms with van der Waals surface area (Å²) in [4.78, 5) is 20.5. The van der Waals surface area contributed by atoms with Crippen molar-refractivity contribution < 1.29 is 18.3 Å². The van der Waals surface area contributed by atoms with E-state index in [1.807, 2.05) is 0 Å². The predicted octanol–water partition coefficient (Wildman–Crippen LogP) is 2.50. The van der Waals surface area contributed by atoms with E-state index in [1.165, 1.54) is 12.4 Å². The van der Waals surface area contributed by atoms with Crippen LogP contribution in [-0.2, 0) is 6.54 Å². The molecule has 2 atom stereocenters. The number of ether oxygens (including phenoxy) is 1. The summed E-state index contributed by atoms with van der Waals surface area (Å²) >= 11 is 0. The second-order valence-electron chi connectivity index (χ2n) is 7.69. The molecule has 1 amide bonds. The Labute approximate surface area is 170 Å². The van der Waals surface area contributed by atoms with Crippen molar-refractivity contribution in [3.8, 4) is 5.88 Å². The Kier molecular flexibility index (Phi) is 4.80. The molecule has 2 unspecified atom stereocenters. The lowest BCUT2D eigenvalue weighted by atomic mass is 9.95. The topological polar surface area (TPSA) is 99.2 Å². The highest BCUT2D eigenvalue weighted by atomic mass is 19.3. The molecule has 158 valence electrons. The van der Waals surface area contributed by atoms with E-state index >= 15 is 0 Å². The van der Waals surface area contributed by atoms with E-state index in [-0.39, 0.29) is 29.3 Å². The van der Waals surface area contributed by atoms with E-state index < -0.39 is 6.43 Å². The molecule has 1 N–H and O–H groups in total. The zero-order valence-corrected chi connectivity index (χ0v) is 16.2. The van der Waals surface area contributed by atoms with Crippen LogP contribution in [0.5, 0.6) is 5.88 Å². The molecule has 30 heavy (non-hydrogen) atoms. The predicted molar refractivity (Wildman–Crippen MR) is 101 cm³/mol. The average Bonchev–Trinajstić information content (AvgIpc) is 3.41. The number of hydrogen-bond acceptors (Lipinski definition) is 6. The molecular weight excluding hydrogens is 396 g/mol. The van der Waals surface area contributed by atoms with Gasteiger partial charge in [-0.1, -0.05) is 6.42 Å². The molecule has 1 fully saturated rings. The number of aromatic nitrogens is 6. The summed E-state index contributed by atoms with van der Waals surface area (Å²) in [5.74, 6) is 0.630. The summed E-state index contributed by atoms with van der Waals surface area (Å²) in [5.41, 5.74) is 0.766. The Morgan fingerprint density at radius 1 is 1.23 bits per heavy atom. The second kappa shape index (κ2) is 7.62. The largest absolute Gasteiger partial charge is 0.476 e. The Bertz CT molecular complexity index is 1060. The third-order valence-electron chi connectivity index (χ3n) is 5.77. The van der Waals surface area contributed by atoms with Gasteiger partial charge in [-0.25, -0.2) is 23.0 Å². The lowest BCUT2D eigenvalue weighted by Gasteiger charge is -2.17. The SMILES string of the molecule is O=C(NC1CCCC(c2cc(C(F)F)nc3ncnn23)CC1)c1cc2n(n1)CCO2. The van der Waals surface area contributed by atoms with Crippen molar-refractivity contribution in [2.45, 2.75) is 57.0 Å². The first kappa shape index (κ1) is 18.9. The normalized spacial score (nSPS) is 21.4. The van der Waals surface area contributed by atoms with Crippen molar-refractivity contribution >= 4 is 11.7 Å². The van der Waals surface area contributed by atoms with Crippen LogP contribution in [0, 0.1) is 0 Å². The van der Waals surface area contributed by atoms with Gasteiger partial charge in [-0.05, 0) is 31.7 Å². The summed E-state index contributed by atoms with van der Waals surface area (Å²) in [6, 6.07) is 3.09. The molecule has 0 bridgehead atoms. The van der Waals surface area contributed by atoms with Crippen LogP contribution in [0.25, 0.3) is 5.78 Å². The standard InChI is InChI=1S/C19H21F2N7O2/c20-17(21)13-8-15(28-19(25-13)22-10-23-28)11-2-1-3-12(5-4-11)24-18(29)14-9-16-27(26-14)6-7-30-16/h8-12,17H,1-7H2,(H,24,29). The van der Waals surface area contributed by atoms with Gasteiger partial charge in [-0.15, -0.1) is 0 Å². The van der Waals surface area contributed by atoms with Gasteiger partial charge in [0, 0.05) is 18.0 Å². The Hall–Kier alpha value is -3.11. The molecule has 5 rings (SSSR count). The van der Waals surface area contributed by atoms with E-state index in [2.05, 4.69) is 25.5 Å². The van der Waals surface area contributed by atoms with Gasteiger partial charge in [-0.2, -0.15) is 15.2 Å². The van der Waals surface area contributed by atoms with Crippen LogP contribution in [0.3, 0.4) is 0 Å². The van der Waals surface area contributed by atoms with Gasteiger partial charge in [-0.3, -0.25) is 4.79 Å². The smallest absolute Gasteiger partial charge is 0.280 e. The molecule has 0 saturated heterocycles. The van der Waals surface area contributed by atoms with Gasteiger partial charge in [0.1, 0.15) is 18.6 Å². The van der Waals surface area contributed by atoms with Crippen LogP contribution in [0.2, 0.25) is 0 Å². The number of rotatable bonds is 4. The maximum absolute atomic E-state index is 13.3. The van der Waals surface area contributed by atoms with Crippen molar-refractivity contribution in [1.29, 1.82) is 0 Å². The number of hydrogen-bond donors (Lipinski definition) is 1. The third kappa shape index (κ3) is 3.48. The molecule has 0 aromatic carbocycles. The number of fused-ring (bicyclic) bond motifs is 2. The van der Waals surface area contributed by atoms with Crippen LogP contribution in [0.4, 0.5) is 8.78 Å². The quantitative estimate of drug-likeness (QED) is 0.655. The Balaban J connectivity index is 1.29. The number of halogens is 2. The zero-order valence-electron chi connectivity index (χ0n) is 16.2. The number of amides is 1. The molecule has 3 aromatic heterocycles. The van der Waals surface area contributed by atoms with E-state index in [0.717, 1.165) is 32.1 Å². The van der Waals surface area contributed by atoms with Crippen molar-refractivity contribution in [2.24, 2.45) is 0 Å². The summed E-state index contributed by atoms with van der Waals surface area (Å²) in [6.07, 6.45) is 2.65. The summed E-state index contributed by atoms with van der Waals surface area (Å²) < 4.78 is 35.2. The number of carbonyl (C=O) groups excluding carboxylic acids is 1. The lowest BCUT2D eigenvalue weighted by Crippen LogP contribution is -2.34. The first-order valence-electron chi connectivity index (χ1n) is 10.1. The fourth-order valence-electron chi connectivity index (χ4n) is 4.28. The molecule has 1 aliphatic heterocycles. The maximum Gasteiger partial charge on any atom is 0.280 e. The van der Waals surface area contributed by atoms with Gasteiger partial charge in [0.15, 0.2) is 5.69 Å². The van der Waals surface area contributed by atoms with Gasteiger partial charge in [0.05, 0.1) is 12.2 Å². The zero-order chi connectivity index (χ0) is 20.7.